The van der Waals surface area contributed by atoms with E-state index in [2.05, 4.69) is 26.0 Å². The first kappa shape index (κ1) is 27.9. The lowest BCUT2D eigenvalue weighted by Crippen LogP contribution is -2.43. The number of halogens is 2. The van der Waals surface area contributed by atoms with Gasteiger partial charge in [-0.2, -0.15) is 5.10 Å². The first-order valence-electron chi connectivity index (χ1n) is 11.8. The number of aryl methyl sites for hydroxylation is 1. The van der Waals surface area contributed by atoms with E-state index >= 15 is 0 Å². The molecule has 3 heterocycles. The number of ether oxygens (including phenoxy) is 1. The number of hydrogen-bond donors (Lipinski definition) is 4. The fourth-order valence-electron chi connectivity index (χ4n) is 3.99. The van der Waals surface area contributed by atoms with Gasteiger partial charge in [0, 0.05) is 20.0 Å². The van der Waals surface area contributed by atoms with Crippen LogP contribution in [0, 0.1) is 11.6 Å². The Morgan fingerprint density at radius 2 is 1.90 bits per heavy atom. The summed E-state index contributed by atoms with van der Waals surface area (Å²) in [5, 5.41) is 20.8. The number of aromatic nitrogens is 3. The van der Waals surface area contributed by atoms with E-state index in [1.54, 1.807) is 27.8 Å². The molecule has 11 nitrogen and oxygen atoms in total. The fraction of sp³-hybridized carbons (Fsp3) is 0.320. The topological polar surface area (TPSA) is 147 Å². The monoisotopic (exact) mass is 560 g/mol. The molecule has 0 saturated carbocycles. The number of carbonyl (C=O) groups excluding carboxylic acids is 2. The number of carbonyl (C=O) groups is 3. The van der Waals surface area contributed by atoms with Crippen molar-refractivity contribution >= 4 is 45.6 Å². The van der Waals surface area contributed by atoms with Crippen LogP contribution < -0.4 is 16.0 Å². The van der Waals surface area contributed by atoms with Gasteiger partial charge in [0.15, 0.2) is 5.69 Å². The Morgan fingerprint density at radius 1 is 1.21 bits per heavy atom. The minimum Gasteiger partial charge on any atom is -0.465 e. The predicted octanol–water partition coefficient (Wildman–Crippen LogP) is 4.25. The molecule has 2 aromatic heterocycles. The zero-order chi connectivity index (χ0) is 28.5. The molecule has 0 bridgehead atoms. The van der Waals surface area contributed by atoms with Gasteiger partial charge in [0.2, 0.25) is 0 Å². The highest BCUT2D eigenvalue weighted by Gasteiger charge is 2.30. The Hall–Kier alpha value is -4.17. The van der Waals surface area contributed by atoms with Crippen LogP contribution in [0.3, 0.4) is 0 Å². The van der Waals surface area contributed by atoms with E-state index in [9.17, 15) is 28.3 Å². The van der Waals surface area contributed by atoms with Gasteiger partial charge in [0.25, 0.3) is 5.91 Å². The third-order valence-corrected chi connectivity index (χ3v) is 6.55. The molecule has 4 rings (SSSR count). The first-order valence-corrected chi connectivity index (χ1v) is 12.6. The lowest BCUT2D eigenvalue weighted by atomic mass is 9.98. The number of amides is 2. The second kappa shape index (κ2) is 10.9. The number of esters is 1. The van der Waals surface area contributed by atoms with Gasteiger partial charge >= 0.3 is 12.1 Å². The van der Waals surface area contributed by atoms with Crippen LogP contribution in [0.25, 0.3) is 16.1 Å². The van der Waals surface area contributed by atoms with Crippen molar-refractivity contribution < 1.29 is 33.0 Å². The van der Waals surface area contributed by atoms with Gasteiger partial charge in [-0.15, -0.1) is 0 Å². The maximum Gasteiger partial charge on any atom is 0.409 e. The number of hydrogen-bond acceptors (Lipinski definition) is 8. The number of rotatable bonds is 6. The Morgan fingerprint density at radius 3 is 2.54 bits per heavy atom. The number of carboxylic acid groups (broad SMARTS) is 1. The summed E-state index contributed by atoms with van der Waals surface area (Å²) in [6, 6.07) is 2.62. The van der Waals surface area contributed by atoms with Crippen LogP contribution in [0.4, 0.5) is 24.3 Å². The van der Waals surface area contributed by atoms with E-state index in [-0.39, 0.29) is 27.8 Å². The summed E-state index contributed by atoms with van der Waals surface area (Å²) in [5.41, 5.74) is -0.0129. The predicted molar refractivity (Wildman–Crippen MR) is 141 cm³/mol. The molecule has 206 valence electrons. The summed E-state index contributed by atoms with van der Waals surface area (Å²) >= 11 is 0.618. The van der Waals surface area contributed by atoms with E-state index in [1.165, 1.54) is 16.9 Å². The molecule has 2 amide bonds. The average molecular weight is 561 g/mol. The van der Waals surface area contributed by atoms with Crippen molar-refractivity contribution in [2.45, 2.75) is 38.8 Å². The normalized spacial score (nSPS) is 15.4. The fourth-order valence-corrected chi connectivity index (χ4v) is 4.99. The summed E-state index contributed by atoms with van der Waals surface area (Å²) in [4.78, 5) is 41.3. The van der Waals surface area contributed by atoms with Gasteiger partial charge in [-0.3, -0.25) is 19.6 Å². The number of thiazole rings is 1. The molecule has 1 aliphatic rings. The second-order valence-electron chi connectivity index (χ2n) is 9.64. The van der Waals surface area contributed by atoms with Crippen LogP contribution in [0.1, 0.15) is 43.4 Å². The van der Waals surface area contributed by atoms with E-state index in [0.717, 1.165) is 17.7 Å². The highest BCUT2D eigenvalue weighted by Crippen LogP contribution is 2.36. The SMILES string of the molecule is Cn1ncc(NC(=O)c2nc(-c3c(F)cccc3F)sc2NC(=O)O)c1C1=CCNC(C(=O)OC(C)(C)C)C1. The van der Waals surface area contributed by atoms with Gasteiger partial charge in [0.1, 0.15) is 33.3 Å². The van der Waals surface area contributed by atoms with Crippen molar-refractivity contribution in [3.8, 4) is 10.6 Å². The van der Waals surface area contributed by atoms with Crippen LogP contribution in [-0.4, -0.2) is 56.0 Å². The molecular formula is C25H26F2N6O5S. The zero-order valence-corrected chi connectivity index (χ0v) is 22.3. The van der Waals surface area contributed by atoms with Crippen LogP contribution in [-0.2, 0) is 16.6 Å². The highest BCUT2D eigenvalue weighted by atomic mass is 32.1. The van der Waals surface area contributed by atoms with Crippen LogP contribution >= 0.6 is 11.3 Å². The van der Waals surface area contributed by atoms with Crippen LogP contribution in [0.2, 0.25) is 0 Å². The average Bonchev–Trinajstić information content (AvgIpc) is 3.40. The van der Waals surface area contributed by atoms with E-state index in [1.807, 2.05) is 6.08 Å². The molecule has 0 radical (unpaired) electrons. The second-order valence-corrected chi connectivity index (χ2v) is 10.6. The zero-order valence-electron chi connectivity index (χ0n) is 21.5. The van der Waals surface area contributed by atoms with Crippen molar-refractivity contribution in [3.05, 3.63) is 53.5 Å². The Labute approximate surface area is 225 Å². The molecule has 0 spiro atoms. The quantitative estimate of drug-likeness (QED) is 0.327. The summed E-state index contributed by atoms with van der Waals surface area (Å²) in [6.45, 7) is 5.69. The van der Waals surface area contributed by atoms with Crippen LogP contribution in [0.15, 0.2) is 30.5 Å². The maximum atomic E-state index is 14.4. The Kier molecular flexibility index (Phi) is 7.79. The number of benzene rings is 1. The minimum absolute atomic E-state index is 0.214. The third kappa shape index (κ3) is 6.29. The molecule has 0 fully saturated rings. The summed E-state index contributed by atoms with van der Waals surface area (Å²) in [6.07, 6.45) is 2.03. The van der Waals surface area contributed by atoms with Crippen molar-refractivity contribution in [1.82, 2.24) is 20.1 Å². The van der Waals surface area contributed by atoms with Gasteiger partial charge < -0.3 is 20.5 Å². The van der Waals surface area contributed by atoms with Crippen molar-refractivity contribution in [1.29, 1.82) is 0 Å². The summed E-state index contributed by atoms with van der Waals surface area (Å²) < 4.78 is 35.7. The third-order valence-electron chi connectivity index (χ3n) is 5.56. The molecule has 1 atom stereocenters. The molecule has 1 aliphatic heterocycles. The standard InChI is InChI=1S/C25H26F2N6O5S/c1-25(2,3)38-23(35)15-10-12(8-9-28-15)19-16(11-29-33(19)4)30-20(34)18-22(32-24(36)37)39-21(31-18)17-13(26)6-5-7-14(17)27/h5-8,11,15,28,32H,9-10H2,1-4H3,(H,30,34)(H,36,37). The molecular weight excluding hydrogens is 534 g/mol. The highest BCUT2D eigenvalue weighted by molar-refractivity contribution is 7.19. The largest absolute Gasteiger partial charge is 0.465 e. The molecule has 1 unspecified atom stereocenters. The van der Waals surface area contributed by atoms with E-state index < -0.39 is 46.8 Å². The molecule has 4 N–H and O–H groups in total. The minimum atomic E-state index is -1.48. The smallest absolute Gasteiger partial charge is 0.409 e. The van der Waals surface area contributed by atoms with E-state index in [0.29, 0.717) is 23.6 Å². The molecule has 0 saturated heterocycles. The van der Waals surface area contributed by atoms with E-state index in [4.69, 9.17) is 4.74 Å². The lowest BCUT2D eigenvalue weighted by molar-refractivity contribution is -0.157. The Balaban J connectivity index is 1.63. The number of anilines is 2. The summed E-state index contributed by atoms with van der Waals surface area (Å²) in [7, 11) is 1.66. The van der Waals surface area contributed by atoms with Crippen molar-refractivity contribution in [3.63, 3.8) is 0 Å². The Bertz CT molecular complexity index is 1460. The first-order chi connectivity index (χ1) is 18.3. The summed E-state index contributed by atoms with van der Waals surface area (Å²) in [5.74, 6) is -3.07. The van der Waals surface area contributed by atoms with Gasteiger partial charge in [0.05, 0.1) is 23.1 Å². The van der Waals surface area contributed by atoms with Gasteiger partial charge in [-0.25, -0.2) is 18.6 Å². The molecule has 39 heavy (non-hydrogen) atoms. The van der Waals surface area contributed by atoms with Gasteiger partial charge in [-0.05, 0) is 38.5 Å². The van der Waals surface area contributed by atoms with Crippen molar-refractivity contribution in [2.24, 2.45) is 7.05 Å². The van der Waals surface area contributed by atoms with Crippen LogP contribution in [0.5, 0.6) is 0 Å². The van der Waals surface area contributed by atoms with Gasteiger partial charge in [-0.1, -0.05) is 23.5 Å². The number of nitrogens with zero attached hydrogens (tertiary/aromatic N) is 3. The molecule has 14 heteroatoms. The van der Waals surface area contributed by atoms with Crippen molar-refractivity contribution in [2.75, 3.05) is 17.2 Å². The maximum absolute atomic E-state index is 14.4. The molecule has 3 aromatic rings. The lowest BCUT2D eigenvalue weighted by Gasteiger charge is -2.27. The molecule has 0 aliphatic carbocycles. The molecule has 1 aromatic carbocycles. The number of nitrogens with one attached hydrogen (secondary N) is 3.